The van der Waals surface area contributed by atoms with Crippen LogP contribution in [0.25, 0.3) is 0 Å². The maximum absolute atomic E-state index is 12.9. The SMILES string of the molecule is CCCCCCc1ccc(NC(=O)c2ccccc2OCC(=O)Cc2ccc(Br)cc2)cc1. The summed E-state index contributed by atoms with van der Waals surface area (Å²) in [7, 11) is 0. The van der Waals surface area contributed by atoms with Crippen molar-refractivity contribution in [1.29, 1.82) is 0 Å². The topological polar surface area (TPSA) is 55.4 Å². The fourth-order valence-corrected chi connectivity index (χ4v) is 3.79. The molecule has 1 N–H and O–H groups in total. The van der Waals surface area contributed by atoms with Gasteiger partial charge >= 0.3 is 0 Å². The Labute approximate surface area is 204 Å². The summed E-state index contributed by atoms with van der Waals surface area (Å²) in [5, 5.41) is 2.93. The summed E-state index contributed by atoms with van der Waals surface area (Å²) in [4.78, 5) is 25.2. The van der Waals surface area contributed by atoms with Crippen LogP contribution >= 0.6 is 15.9 Å². The molecule has 0 saturated heterocycles. The number of ether oxygens (including phenoxy) is 1. The minimum Gasteiger partial charge on any atom is -0.485 e. The van der Waals surface area contributed by atoms with Gasteiger partial charge in [-0.05, 0) is 60.4 Å². The molecule has 1 amide bonds. The third kappa shape index (κ3) is 8.17. The number of para-hydroxylation sites is 1. The van der Waals surface area contributed by atoms with Gasteiger partial charge in [0, 0.05) is 16.6 Å². The number of nitrogens with one attached hydrogen (secondary N) is 1. The van der Waals surface area contributed by atoms with Gasteiger partial charge < -0.3 is 10.1 Å². The number of ketones is 1. The van der Waals surface area contributed by atoms with E-state index in [0.29, 0.717) is 11.3 Å². The molecule has 0 heterocycles. The predicted octanol–water partition coefficient (Wildman–Crippen LogP) is 7.01. The number of unbranched alkanes of at least 4 members (excludes halogenated alkanes) is 3. The Morgan fingerprint density at radius 3 is 2.27 bits per heavy atom. The Morgan fingerprint density at radius 2 is 1.55 bits per heavy atom. The molecule has 0 spiro atoms. The average molecular weight is 508 g/mol. The van der Waals surface area contributed by atoms with Crippen molar-refractivity contribution in [2.45, 2.75) is 45.4 Å². The van der Waals surface area contributed by atoms with Gasteiger partial charge in [0.15, 0.2) is 5.78 Å². The lowest BCUT2D eigenvalue weighted by atomic mass is 10.1. The van der Waals surface area contributed by atoms with E-state index in [-0.39, 0.29) is 24.7 Å². The maximum Gasteiger partial charge on any atom is 0.259 e. The highest BCUT2D eigenvalue weighted by Crippen LogP contribution is 2.21. The van der Waals surface area contributed by atoms with Crippen LogP contribution in [0.15, 0.2) is 77.3 Å². The molecule has 0 aromatic heterocycles. The summed E-state index contributed by atoms with van der Waals surface area (Å²) in [6.07, 6.45) is 6.27. The molecule has 33 heavy (non-hydrogen) atoms. The number of rotatable bonds is 12. The average Bonchev–Trinajstić information content (AvgIpc) is 2.83. The van der Waals surface area contributed by atoms with Crippen LogP contribution in [-0.2, 0) is 17.6 Å². The van der Waals surface area contributed by atoms with Gasteiger partial charge in [-0.1, -0.05) is 78.5 Å². The van der Waals surface area contributed by atoms with Crippen LogP contribution in [-0.4, -0.2) is 18.3 Å². The molecule has 3 aromatic carbocycles. The second-order valence-corrected chi connectivity index (χ2v) is 9.00. The summed E-state index contributed by atoms with van der Waals surface area (Å²) in [5.74, 6) is 0.0791. The van der Waals surface area contributed by atoms with Crippen molar-refractivity contribution in [3.05, 3.63) is 94.0 Å². The molecule has 0 atom stereocenters. The van der Waals surface area contributed by atoms with Crippen molar-refractivity contribution in [3.63, 3.8) is 0 Å². The number of halogens is 1. The Balaban J connectivity index is 1.55. The highest BCUT2D eigenvalue weighted by molar-refractivity contribution is 9.10. The normalized spacial score (nSPS) is 10.6. The third-order valence-corrected chi connectivity index (χ3v) is 5.89. The molecule has 5 heteroatoms. The van der Waals surface area contributed by atoms with Crippen molar-refractivity contribution in [1.82, 2.24) is 0 Å². The highest BCUT2D eigenvalue weighted by Gasteiger charge is 2.14. The van der Waals surface area contributed by atoms with Gasteiger partial charge in [-0.15, -0.1) is 0 Å². The molecule has 0 bridgehead atoms. The first-order valence-corrected chi connectivity index (χ1v) is 12.2. The zero-order valence-electron chi connectivity index (χ0n) is 19.0. The van der Waals surface area contributed by atoms with Gasteiger partial charge in [-0.3, -0.25) is 9.59 Å². The fraction of sp³-hybridized carbons (Fsp3) is 0.286. The summed E-state index contributed by atoms with van der Waals surface area (Å²) in [5.41, 5.74) is 3.33. The van der Waals surface area contributed by atoms with Crippen molar-refractivity contribution in [3.8, 4) is 5.75 Å². The van der Waals surface area contributed by atoms with Gasteiger partial charge in [-0.2, -0.15) is 0 Å². The Morgan fingerprint density at radius 1 is 0.848 bits per heavy atom. The van der Waals surface area contributed by atoms with E-state index < -0.39 is 0 Å². The monoisotopic (exact) mass is 507 g/mol. The Kier molecular flexibility index (Phi) is 9.70. The van der Waals surface area contributed by atoms with Crippen LogP contribution in [0.4, 0.5) is 5.69 Å². The zero-order valence-corrected chi connectivity index (χ0v) is 20.6. The van der Waals surface area contributed by atoms with E-state index in [1.54, 1.807) is 24.3 Å². The van der Waals surface area contributed by atoms with Crippen molar-refractivity contribution < 1.29 is 14.3 Å². The Bertz CT molecular complexity index is 1050. The third-order valence-electron chi connectivity index (χ3n) is 5.37. The first-order valence-electron chi connectivity index (χ1n) is 11.4. The summed E-state index contributed by atoms with van der Waals surface area (Å²) < 4.78 is 6.69. The van der Waals surface area contributed by atoms with Gasteiger partial charge in [0.1, 0.15) is 12.4 Å². The molecule has 172 valence electrons. The predicted molar refractivity (Wildman–Crippen MR) is 137 cm³/mol. The fourth-order valence-electron chi connectivity index (χ4n) is 3.53. The molecule has 0 radical (unpaired) electrons. The maximum atomic E-state index is 12.9. The summed E-state index contributed by atoms with van der Waals surface area (Å²) in [6.45, 7) is 2.12. The molecule has 4 nitrogen and oxygen atoms in total. The van der Waals surface area contributed by atoms with Gasteiger partial charge in [0.05, 0.1) is 5.56 Å². The second kappa shape index (κ2) is 12.9. The van der Waals surface area contributed by atoms with Gasteiger partial charge in [0.25, 0.3) is 5.91 Å². The number of hydrogen-bond acceptors (Lipinski definition) is 3. The van der Waals surface area contributed by atoms with E-state index in [2.05, 4.69) is 40.3 Å². The number of amides is 1. The molecular weight excluding hydrogens is 478 g/mol. The minimum absolute atomic E-state index is 0.0536. The lowest BCUT2D eigenvalue weighted by molar-refractivity contribution is -0.120. The molecule has 3 aromatic rings. The van der Waals surface area contributed by atoms with Crippen molar-refractivity contribution >= 4 is 33.3 Å². The van der Waals surface area contributed by atoms with Gasteiger partial charge in [-0.25, -0.2) is 0 Å². The number of carbonyl (C=O) groups is 2. The quantitative estimate of drug-likeness (QED) is 0.268. The van der Waals surface area contributed by atoms with E-state index in [1.807, 2.05) is 36.4 Å². The molecule has 0 unspecified atom stereocenters. The van der Waals surface area contributed by atoms with E-state index in [4.69, 9.17) is 4.74 Å². The number of aryl methyl sites for hydroxylation is 1. The minimum atomic E-state index is -0.262. The number of carbonyl (C=O) groups excluding carboxylic acids is 2. The lowest BCUT2D eigenvalue weighted by Gasteiger charge is -2.12. The molecule has 0 aliphatic heterocycles. The van der Waals surface area contributed by atoms with Crippen LogP contribution in [0.5, 0.6) is 5.75 Å². The van der Waals surface area contributed by atoms with Crippen molar-refractivity contribution in [2.24, 2.45) is 0 Å². The van der Waals surface area contributed by atoms with E-state index in [0.717, 1.165) is 22.1 Å². The first-order chi connectivity index (χ1) is 16.0. The highest BCUT2D eigenvalue weighted by atomic mass is 79.9. The van der Waals surface area contributed by atoms with Crippen LogP contribution in [0.1, 0.15) is 54.1 Å². The lowest BCUT2D eigenvalue weighted by Crippen LogP contribution is -2.17. The number of Topliss-reactive ketones (excluding diaryl/α,β-unsaturated/α-hetero) is 1. The first kappa shape index (κ1) is 24.7. The summed E-state index contributed by atoms with van der Waals surface area (Å²) >= 11 is 3.39. The zero-order chi connectivity index (χ0) is 23.5. The molecule has 0 aliphatic rings. The largest absolute Gasteiger partial charge is 0.485 e. The van der Waals surface area contributed by atoms with Crippen LogP contribution < -0.4 is 10.1 Å². The number of benzene rings is 3. The smallest absolute Gasteiger partial charge is 0.259 e. The van der Waals surface area contributed by atoms with E-state index in [9.17, 15) is 9.59 Å². The van der Waals surface area contributed by atoms with Crippen molar-refractivity contribution in [2.75, 3.05) is 11.9 Å². The van der Waals surface area contributed by atoms with E-state index in [1.165, 1.54) is 31.2 Å². The van der Waals surface area contributed by atoms with Gasteiger partial charge in [0.2, 0.25) is 0 Å². The molecule has 0 fully saturated rings. The second-order valence-electron chi connectivity index (χ2n) is 8.09. The summed E-state index contributed by atoms with van der Waals surface area (Å²) in [6, 6.07) is 22.6. The van der Waals surface area contributed by atoms with E-state index >= 15 is 0 Å². The standard InChI is InChI=1S/C28H30BrNO3/c1-2-3-4-5-8-21-13-17-24(18-14-21)30-28(32)26-9-6-7-10-27(26)33-20-25(31)19-22-11-15-23(29)16-12-22/h6-7,9-18H,2-5,8,19-20H2,1H3,(H,30,32). The molecule has 0 aliphatic carbocycles. The molecule has 0 saturated carbocycles. The van der Waals surface area contributed by atoms with Crippen LogP contribution in [0.3, 0.4) is 0 Å². The molecule has 3 rings (SSSR count). The number of hydrogen-bond donors (Lipinski definition) is 1. The Hall–Kier alpha value is -2.92. The van der Waals surface area contributed by atoms with Crippen LogP contribution in [0, 0.1) is 0 Å². The molecular formula is C28H30BrNO3. The number of anilines is 1. The van der Waals surface area contributed by atoms with Crippen LogP contribution in [0.2, 0.25) is 0 Å².